The molecule has 2 nitrogen and oxygen atoms in total. The van der Waals surface area contributed by atoms with Gasteiger partial charge in [-0.15, -0.1) is 0 Å². The van der Waals surface area contributed by atoms with Gasteiger partial charge in [0.1, 0.15) is 0 Å². The Bertz CT molecular complexity index is 380. The first-order chi connectivity index (χ1) is 8.20. The SMILES string of the molecule is OCCN(Cc1ccc(F)c(F)c1)C1CCC1. The second-order valence-electron chi connectivity index (χ2n) is 4.53. The van der Waals surface area contributed by atoms with E-state index in [0.29, 0.717) is 19.1 Å². The number of aliphatic hydroxyl groups is 1. The standard InChI is InChI=1S/C13H17F2NO/c14-12-5-4-10(8-13(12)15)9-16(6-7-17)11-2-1-3-11/h4-5,8,11,17H,1-3,6-7,9H2. The summed E-state index contributed by atoms with van der Waals surface area (Å²) in [6, 6.07) is 4.47. The van der Waals surface area contributed by atoms with E-state index in [9.17, 15) is 8.78 Å². The van der Waals surface area contributed by atoms with Gasteiger partial charge in [0.2, 0.25) is 0 Å². The lowest BCUT2D eigenvalue weighted by Gasteiger charge is -2.37. The van der Waals surface area contributed by atoms with Gasteiger partial charge in [-0.25, -0.2) is 8.78 Å². The molecule has 1 aromatic carbocycles. The van der Waals surface area contributed by atoms with Crippen LogP contribution >= 0.6 is 0 Å². The Hall–Kier alpha value is -1.00. The maximum absolute atomic E-state index is 13.1. The molecule has 0 unspecified atom stereocenters. The van der Waals surface area contributed by atoms with Crippen LogP contribution in [0.15, 0.2) is 18.2 Å². The number of hydrogen-bond donors (Lipinski definition) is 1. The maximum Gasteiger partial charge on any atom is 0.159 e. The lowest BCUT2D eigenvalue weighted by atomic mass is 9.91. The molecular weight excluding hydrogens is 224 g/mol. The molecule has 94 valence electrons. The molecule has 1 aliphatic carbocycles. The van der Waals surface area contributed by atoms with Crippen LogP contribution in [0.1, 0.15) is 24.8 Å². The first-order valence-electron chi connectivity index (χ1n) is 5.99. The van der Waals surface area contributed by atoms with Crippen LogP contribution in [0, 0.1) is 11.6 Å². The molecule has 0 atom stereocenters. The molecule has 1 aliphatic rings. The van der Waals surface area contributed by atoms with Crippen molar-refractivity contribution in [1.29, 1.82) is 0 Å². The number of nitrogens with zero attached hydrogens (tertiary/aromatic N) is 1. The molecule has 4 heteroatoms. The van der Waals surface area contributed by atoms with Crippen molar-refractivity contribution in [2.45, 2.75) is 31.8 Å². The number of hydrogen-bond acceptors (Lipinski definition) is 2. The first-order valence-corrected chi connectivity index (χ1v) is 5.99. The molecule has 0 amide bonds. The van der Waals surface area contributed by atoms with Crippen LogP contribution in [0.4, 0.5) is 8.78 Å². The van der Waals surface area contributed by atoms with E-state index in [1.165, 1.54) is 12.5 Å². The minimum Gasteiger partial charge on any atom is -0.395 e. The Morgan fingerprint density at radius 2 is 2.00 bits per heavy atom. The van der Waals surface area contributed by atoms with Crippen LogP contribution in [0.25, 0.3) is 0 Å². The summed E-state index contributed by atoms with van der Waals surface area (Å²) in [4.78, 5) is 2.14. The predicted octanol–water partition coefficient (Wildman–Crippen LogP) is 2.31. The zero-order chi connectivity index (χ0) is 12.3. The van der Waals surface area contributed by atoms with Crippen molar-refractivity contribution in [3.63, 3.8) is 0 Å². The van der Waals surface area contributed by atoms with Crippen LogP contribution in [0.3, 0.4) is 0 Å². The highest BCUT2D eigenvalue weighted by molar-refractivity contribution is 5.17. The van der Waals surface area contributed by atoms with Gasteiger partial charge in [0.25, 0.3) is 0 Å². The van der Waals surface area contributed by atoms with Gasteiger partial charge in [-0.2, -0.15) is 0 Å². The number of rotatable bonds is 5. The van der Waals surface area contributed by atoms with Gasteiger partial charge in [-0.1, -0.05) is 12.5 Å². The smallest absolute Gasteiger partial charge is 0.159 e. The zero-order valence-electron chi connectivity index (χ0n) is 9.70. The quantitative estimate of drug-likeness (QED) is 0.855. The second kappa shape index (κ2) is 5.56. The fraction of sp³-hybridized carbons (Fsp3) is 0.538. The van der Waals surface area contributed by atoms with Crippen molar-refractivity contribution in [2.75, 3.05) is 13.2 Å². The van der Waals surface area contributed by atoms with Crippen LogP contribution in [-0.2, 0) is 6.54 Å². The van der Waals surface area contributed by atoms with Gasteiger partial charge in [-0.05, 0) is 30.5 Å². The number of halogens is 2. The normalized spacial score (nSPS) is 16.2. The molecule has 17 heavy (non-hydrogen) atoms. The number of benzene rings is 1. The average Bonchev–Trinajstić information content (AvgIpc) is 2.21. The van der Waals surface area contributed by atoms with Crippen LogP contribution in [0.2, 0.25) is 0 Å². The van der Waals surface area contributed by atoms with E-state index in [1.54, 1.807) is 6.07 Å². The van der Waals surface area contributed by atoms with Gasteiger partial charge < -0.3 is 5.11 Å². The predicted molar refractivity (Wildman–Crippen MR) is 61.5 cm³/mol. The van der Waals surface area contributed by atoms with Crippen molar-refractivity contribution in [2.24, 2.45) is 0 Å². The molecule has 1 N–H and O–H groups in total. The summed E-state index contributed by atoms with van der Waals surface area (Å²) < 4.78 is 25.9. The highest BCUT2D eigenvalue weighted by atomic mass is 19.2. The summed E-state index contributed by atoms with van der Waals surface area (Å²) in [6.07, 6.45) is 3.47. The Morgan fingerprint density at radius 1 is 1.24 bits per heavy atom. The molecule has 0 saturated heterocycles. The third-order valence-corrected chi connectivity index (χ3v) is 3.35. The monoisotopic (exact) mass is 241 g/mol. The van der Waals surface area contributed by atoms with Gasteiger partial charge in [0.05, 0.1) is 6.61 Å². The fourth-order valence-corrected chi connectivity index (χ4v) is 2.14. The van der Waals surface area contributed by atoms with E-state index in [0.717, 1.165) is 24.5 Å². The van der Waals surface area contributed by atoms with Crippen molar-refractivity contribution in [3.05, 3.63) is 35.4 Å². The van der Waals surface area contributed by atoms with Crippen LogP contribution < -0.4 is 0 Å². The van der Waals surface area contributed by atoms with Gasteiger partial charge in [-0.3, -0.25) is 4.90 Å². The number of aliphatic hydroxyl groups excluding tert-OH is 1. The summed E-state index contributed by atoms with van der Waals surface area (Å²) >= 11 is 0. The lowest BCUT2D eigenvalue weighted by Crippen LogP contribution is -2.41. The molecule has 1 saturated carbocycles. The molecule has 0 spiro atoms. The van der Waals surface area contributed by atoms with E-state index in [4.69, 9.17) is 5.11 Å². The summed E-state index contributed by atoms with van der Waals surface area (Å²) in [5, 5.41) is 9.01. The third kappa shape index (κ3) is 3.01. The molecular formula is C13H17F2NO. The van der Waals surface area contributed by atoms with Crippen LogP contribution in [0.5, 0.6) is 0 Å². The summed E-state index contributed by atoms with van der Waals surface area (Å²) in [5.41, 5.74) is 0.754. The summed E-state index contributed by atoms with van der Waals surface area (Å²) in [7, 11) is 0. The van der Waals surface area contributed by atoms with Gasteiger partial charge in [0, 0.05) is 19.1 Å². The highest BCUT2D eigenvalue weighted by Gasteiger charge is 2.24. The molecule has 2 rings (SSSR count). The van der Waals surface area contributed by atoms with E-state index in [-0.39, 0.29) is 6.61 Å². The topological polar surface area (TPSA) is 23.5 Å². The highest BCUT2D eigenvalue weighted by Crippen LogP contribution is 2.26. The molecule has 1 fully saturated rings. The molecule has 0 aromatic heterocycles. The average molecular weight is 241 g/mol. The zero-order valence-corrected chi connectivity index (χ0v) is 9.70. The molecule has 0 heterocycles. The van der Waals surface area contributed by atoms with Crippen molar-refractivity contribution in [1.82, 2.24) is 4.90 Å². The van der Waals surface area contributed by atoms with Crippen molar-refractivity contribution >= 4 is 0 Å². The fourth-order valence-electron chi connectivity index (χ4n) is 2.14. The lowest BCUT2D eigenvalue weighted by molar-refractivity contribution is 0.0944. The molecule has 1 aromatic rings. The van der Waals surface area contributed by atoms with Crippen molar-refractivity contribution < 1.29 is 13.9 Å². The van der Waals surface area contributed by atoms with Gasteiger partial charge in [0.15, 0.2) is 11.6 Å². The first kappa shape index (κ1) is 12.5. The van der Waals surface area contributed by atoms with Gasteiger partial charge >= 0.3 is 0 Å². The summed E-state index contributed by atoms with van der Waals surface area (Å²) in [6.45, 7) is 1.26. The Morgan fingerprint density at radius 3 is 2.53 bits per heavy atom. The maximum atomic E-state index is 13.1. The molecule has 0 bridgehead atoms. The largest absolute Gasteiger partial charge is 0.395 e. The van der Waals surface area contributed by atoms with Crippen molar-refractivity contribution in [3.8, 4) is 0 Å². The minimum atomic E-state index is -0.814. The minimum absolute atomic E-state index is 0.0974. The second-order valence-corrected chi connectivity index (χ2v) is 4.53. The summed E-state index contributed by atoms with van der Waals surface area (Å²) in [5.74, 6) is -1.62. The van der Waals surface area contributed by atoms with Crippen LogP contribution in [-0.4, -0.2) is 29.2 Å². The Labute approximate surface area is 99.9 Å². The Balaban J connectivity index is 2.02. The van der Waals surface area contributed by atoms with E-state index < -0.39 is 11.6 Å². The van der Waals surface area contributed by atoms with E-state index in [2.05, 4.69) is 4.90 Å². The van der Waals surface area contributed by atoms with E-state index in [1.807, 2.05) is 0 Å². The third-order valence-electron chi connectivity index (χ3n) is 3.35. The Kier molecular flexibility index (Phi) is 4.07. The molecule has 0 aliphatic heterocycles. The van der Waals surface area contributed by atoms with E-state index >= 15 is 0 Å². The molecule has 0 radical (unpaired) electrons.